The molecular weight excluding hydrogens is 268 g/mol. The van der Waals surface area contributed by atoms with Gasteiger partial charge in [-0.05, 0) is 24.6 Å². The number of halogens is 2. The van der Waals surface area contributed by atoms with E-state index >= 15 is 0 Å². The number of allylic oxidation sites excluding steroid dienone is 1. The van der Waals surface area contributed by atoms with Gasteiger partial charge in [-0.2, -0.15) is 0 Å². The first-order valence-corrected chi connectivity index (χ1v) is 6.05. The van der Waals surface area contributed by atoms with E-state index in [9.17, 15) is 13.6 Å². The number of esters is 1. The van der Waals surface area contributed by atoms with Crippen molar-refractivity contribution in [2.24, 2.45) is 11.1 Å². The zero-order valence-corrected chi connectivity index (χ0v) is 10.6. The average Bonchev–Trinajstić information content (AvgIpc) is 2.95. The lowest BCUT2D eigenvalue weighted by Crippen LogP contribution is -2.43. The summed E-state index contributed by atoms with van der Waals surface area (Å²) in [7, 11) is 1.25. The third kappa shape index (κ3) is 1.71. The molecule has 0 N–H and O–H groups in total. The van der Waals surface area contributed by atoms with Crippen molar-refractivity contribution in [2.75, 3.05) is 7.11 Å². The molecule has 20 heavy (non-hydrogen) atoms. The first-order chi connectivity index (χ1) is 9.56. The van der Waals surface area contributed by atoms with E-state index in [-0.39, 0.29) is 5.56 Å². The summed E-state index contributed by atoms with van der Waals surface area (Å²) in [4.78, 5) is 17.2. The molecule has 6 heteroatoms. The number of methoxy groups -OCH3 is 1. The standard InChI is InChI=1S/C14H11F2NO3/c1-19-13(18)14-4-2-3-11(14)12(17-20-14)8-5-9(15)7-10(16)6-8/h2,4-7,11H,3H2,1H3. The number of fused-ring (bicyclic) bond motifs is 1. The third-order valence-electron chi connectivity index (χ3n) is 3.54. The van der Waals surface area contributed by atoms with Gasteiger partial charge in [-0.15, -0.1) is 0 Å². The van der Waals surface area contributed by atoms with Gasteiger partial charge in [0.1, 0.15) is 11.6 Å². The topological polar surface area (TPSA) is 47.9 Å². The first-order valence-electron chi connectivity index (χ1n) is 6.05. The number of nitrogens with zero attached hydrogens (tertiary/aromatic N) is 1. The van der Waals surface area contributed by atoms with Crippen molar-refractivity contribution in [2.45, 2.75) is 12.0 Å². The fraction of sp³-hybridized carbons (Fsp3) is 0.286. The third-order valence-corrected chi connectivity index (χ3v) is 3.54. The van der Waals surface area contributed by atoms with E-state index in [1.807, 2.05) is 0 Å². The number of oxime groups is 1. The van der Waals surface area contributed by atoms with Crippen molar-refractivity contribution in [1.82, 2.24) is 0 Å². The first kappa shape index (κ1) is 12.8. The van der Waals surface area contributed by atoms with Gasteiger partial charge in [0.05, 0.1) is 18.7 Å². The summed E-state index contributed by atoms with van der Waals surface area (Å²) >= 11 is 0. The Kier molecular flexibility index (Phi) is 2.81. The SMILES string of the molecule is COC(=O)C12C=CCC1C(c1cc(F)cc(F)c1)=NO2. The Morgan fingerprint density at radius 3 is 2.75 bits per heavy atom. The lowest BCUT2D eigenvalue weighted by molar-refractivity contribution is -0.162. The Morgan fingerprint density at radius 2 is 2.10 bits per heavy atom. The van der Waals surface area contributed by atoms with Gasteiger partial charge >= 0.3 is 5.97 Å². The maximum atomic E-state index is 13.3. The second-order valence-electron chi connectivity index (χ2n) is 4.70. The number of carbonyl (C=O) groups excluding carboxylic acids is 1. The molecule has 4 nitrogen and oxygen atoms in total. The van der Waals surface area contributed by atoms with E-state index in [0.29, 0.717) is 12.1 Å². The van der Waals surface area contributed by atoms with Crippen LogP contribution in [0.1, 0.15) is 12.0 Å². The van der Waals surface area contributed by atoms with E-state index < -0.39 is 29.1 Å². The van der Waals surface area contributed by atoms with Crippen LogP contribution in [-0.4, -0.2) is 24.4 Å². The van der Waals surface area contributed by atoms with E-state index in [0.717, 1.165) is 18.2 Å². The van der Waals surface area contributed by atoms with Gasteiger partial charge in [-0.3, -0.25) is 0 Å². The molecule has 1 heterocycles. The summed E-state index contributed by atoms with van der Waals surface area (Å²) in [6, 6.07) is 3.11. The van der Waals surface area contributed by atoms with Crippen LogP contribution in [-0.2, 0) is 14.4 Å². The highest BCUT2D eigenvalue weighted by molar-refractivity contribution is 6.08. The quantitative estimate of drug-likeness (QED) is 0.616. The molecule has 1 aromatic rings. The minimum atomic E-state index is -1.31. The molecule has 2 unspecified atom stereocenters. The molecule has 2 aliphatic rings. The molecule has 3 rings (SSSR count). The summed E-state index contributed by atoms with van der Waals surface area (Å²) in [5.41, 5.74) is -0.701. The van der Waals surface area contributed by atoms with Gasteiger partial charge in [-0.25, -0.2) is 13.6 Å². The fourth-order valence-corrected chi connectivity index (χ4v) is 2.63. The fourth-order valence-electron chi connectivity index (χ4n) is 2.63. The second kappa shape index (κ2) is 4.40. The molecule has 2 atom stereocenters. The molecule has 0 radical (unpaired) electrons. The summed E-state index contributed by atoms with van der Waals surface area (Å²) < 4.78 is 31.3. The van der Waals surface area contributed by atoms with Gasteiger partial charge in [0.2, 0.25) is 0 Å². The Labute approximate surface area is 113 Å². The minimum Gasteiger partial charge on any atom is -0.466 e. The van der Waals surface area contributed by atoms with Gasteiger partial charge in [0, 0.05) is 11.6 Å². The molecule has 1 aromatic carbocycles. The number of ether oxygens (including phenoxy) is 1. The maximum Gasteiger partial charge on any atom is 0.358 e. The highest BCUT2D eigenvalue weighted by Crippen LogP contribution is 2.41. The van der Waals surface area contributed by atoms with Gasteiger partial charge in [-0.1, -0.05) is 11.2 Å². The van der Waals surface area contributed by atoms with Crippen LogP contribution in [0.2, 0.25) is 0 Å². The molecule has 0 spiro atoms. The largest absolute Gasteiger partial charge is 0.466 e. The molecule has 104 valence electrons. The Balaban J connectivity index is 2.00. The van der Waals surface area contributed by atoms with Crippen LogP contribution in [0.3, 0.4) is 0 Å². The van der Waals surface area contributed by atoms with E-state index in [1.54, 1.807) is 12.2 Å². The molecule has 0 saturated carbocycles. The number of benzene rings is 1. The minimum absolute atomic E-state index is 0.266. The lowest BCUT2D eigenvalue weighted by Gasteiger charge is -2.22. The summed E-state index contributed by atoms with van der Waals surface area (Å²) in [6.45, 7) is 0. The highest BCUT2D eigenvalue weighted by Gasteiger charge is 2.56. The molecule has 0 amide bonds. The molecule has 0 bridgehead atoms. The van der Waals surface area contributed by atoms with E-state index in [4.69, 9.17) is 9.57 Å². The number of carbonyl (C=O) groups is 1. The van der Waals surface area contributed by atoms with Gasteiger partial charge < -0.3 is 9.57 Å². The molecule has 0 aromatic heterocycles. The molecule has 0 saturated heterocycles. The summed E-state index contributed by atoms with van der Waals surface area (Å²) in [5.74, 6) is -2.42. The number of hydrogen-bond donors (Lipinski definition) is 0. The second-order valence-corrected chi connectivity index (χ2v) is 4.70. The van der Waals surface area contributed by atoms with Crippen molar-refractivity contribution in [3.63, 3.8) is 0 Å². The smallest absolute Gasteiger partial charge is 0.358 e. The zero-order valence-electron chi connectivity index (χ0n) is 10.6. The molecule has 1 aliphatic heterocycles. The van der Waals surface area contributed by atoms with Crippen molar-refractivity contribution in [3.8, 4) is 0 Å². The summed E-state index contributed by atoms with van der Waals surface area (Å²) in [5, 5.41) is 3.85. The highest BCUT2D eigenvalue weighted by atomic mass is 19.1. The van der Waals surface area contributed by atoms with Crippen LogP contribution in [0.5, 0.6) is 0 Å². The van der Waals surface area contributed by atoms with Gasteiger partial charge in [0.25, 0.3) is 5.60 Å². The Bertz CT molecular complexity index is 621. The van der Waals surface area contributed by atoms with E-state index in [1.165, 1.54) is 7.11 Å². The van der Waals surface area contributed by atoms with Crippen molar-refractivity contribution in [3.05, 3.63) is 47.5 Å². The number of hydrogen-bond acceptors (Lipinski definition) is 4. The monoisotopic (exact) mass is 279 g/mol. The Morgan fingerprint density at radius 1 is 1.40 bits per heavy atom. The molecule has 0 fully saturated rings. The van der Waals surface area contributed by atoms with Crippen LogP contribution < -0.4 is 0 Å². The van der Waals surface area contributed by atoms with Crippen LogP contribution >= 0.6 is 0 Å². The maximum absolute atomic E-state index is 13.3. The van der Waals surface area contributed by atoms with E-state index in [2.05, 4.69) is 5.16 Å². The number of rotatable bonds is 2. The molecular formula is C14H11F2NO3. The average molecular weight is 279 g/mol. The normalized spacial score (nSPS) is 26.9. The predicted octanol–water partition coefficient (Wildman–Crippen LogP) is 2.19. The van der Waals surface area contributed by atoms with Crippen LogP contribution in [0.15, 0.2) is 35.5 Å². The van der Waals surface area contributed by atoms with Crippen molar-refractivity contribution < 1.29 is 23.1 Å². The van der Waals surface area contributed by atoms with Crippen LogP contribution in [0.4, 0.5) is 8.78 Å². The lowest BCUT2D eigenvalue weighted by atomic mass is 9.84. The Hall–Kier alpha value is -2.24. The zero-order chi connectivity index (χ0) is 14.3. The molecule has 1 aliphatic carbocycles. The van der Waals surface area contributed by atoms with Crippen molar-refractivity contribution in [1.29, 1.82) is 0 Å². The summed E-state index contributed by atoms with van der Waals surface area (Å²) in [6.07, 6.45) is 3.84. The van der Waals surface area contributed by atoms with Gasteiger partial charge in [0.15, 0.2) is 0 Å². The predicted molar refractivity (Wildman–Crippen MR) is 66.0 cm³/mol. The van der Waals surface area contributed by atoms with Crippen LogP contribution in [0, 0.1) is 17.6 Å². The van der Waals surface area contributed by atoms with Crippen LogP contribution in [0.25, 0.3) is 0 Å². The van der Waals surface area contributed by atoms with Crippen molar-refractivity contribution >= 4 is 11.7 Å².